The van der Waals surface area contributed by atoms with Gasteiger partial charge in [0.1, 0.15) is 4.90 Å². The minimum absolute atomic E-state index is 0.199. The van der Waals surface area contributed by atoms with Crippen LogP contribution in [0.15, 0.2) is 23.1 Å². The van der Waals surface area contributed by atoms with E-state index < -0.39 is 20.0 Å². The number of rotatable bonds is 5. The lowest BCUT2D eigenvalue weighted by molar-refractivity contribution is 0.580. The Bertz CT molecular complexity index is 638. The lowest BCUT2D eigenvalue weighted by Crippen LogP contribution is -2.30. The Morgan fingerprint density at radius 2 is 1.83 bits per heavy atom. The predicted molar refractivity (Wildman–Crippen MR) is 70.2 cm³/mol. The lowest BCUT2D eigenvalue weighted by atomic mass is 10.3. The fourth-order valence-corrected chi connectivity index (χ4v) is 4.02. The van der Waals surface area contributed by atoms with Crippen molar-refractivity contribution in [1.29, 1.82) is 0 Å². The molecule has 1 aromatic carbocycles. The molecule has 0 amide bonds. The van der Waals surface area contributed by atoms with E-state index in [0.717, 1.165) is 6.26 Å². The van der Waals surface area contributed by atoms with Gasteiger partial charge in [0.15, 0.2) is 0 Å². The number of hydrogen-bond donors (Lipinski definition) is 3. The van der Waals surface area contributed by atoms with E-state index in [-0.39, 0.29) is 10.6 Å². The third kappa shape index (κ3) is 3.86. The van der Waals surface area contributed by atoms with Gasteiger partial charge >= 0.3 is 0 Å². The summed E-state index contributed by atoms with van der Waals surface area (Å²) in [6, 6.07) is 4.21. The molecular formula is C9H15N3O4S2. The van der Waals surface area contributed by atoms with Crippen molar-refractivity contribution in [3.05, 3.63) is 18.2 Å². The minimum atomic E-state index is -4.17. The van der Waals surface area contributed by atoms with Gasteiger partial charge in [0.05, 0.1) is 11.9 Å². The van der Waals surface area contributed by atoms with Crippen LogP contribution in [-0.4, -0.2) is 29.6 Å². The molecule has 1 rings (SSSR count). The first-order valence-corrected chi connectivity index (χ1v) is 8.40. The van der Waals surface area contributed by atoms with E-state index in [4.69, 9.17) is 5.73 Å². The van der Waals surface area contributed by atoms with Gasteiger partial charge in [-0.1, -0.05) is 0 Å². The van der Waals surface area contributed by atoms with Gasteiger partial charge in [-0.15, -0.1) is 4.13 Å². The first-order valence-electron chi connectivity index (χ1n) is 5.02. The van der Waals surface area contributed by atoms with Gasteiger partial charge in [0.25, 0.3) is 10.0 Å². The minimum Gasteiger partial charge on any atom is -0.399 e. The Labute approximate surface area is 106 Å². The molecule has 18 heavy (non-hydrogen) atoms. The molecular weight excluding hydrogens is 278 g/mol. The highest BCUT2D eigenvalue weighted by Gasteiger charge is 2.22. The average molecular weight is 293 g/mol. The van der Waals surface area contributed by atoms with Gasteiger partial charge in [-0.3, -0.25) is 0 Å². The van der Waals surface area contributed by atoms with Gasteiger partial charge in [0, 0.05) is 12.2 Å². The summed E-state index contributed by atoms with van der Waals surface area (Å²) in [5, 5.41) is 2.83. The Hall–Kier alpha value is -1.32. The molecule has 7 nitrogen and oxygen atoms in total. The molecule has 0 aromatic heterocycles. The lowest BCUT2D eigenvalue weighted by Gasteiger charge is -2.12. The van der Waals surface area contributed by atoms with Crippen molar-refractivity contribution in [1.82, 2.24) is 4.13 Å². The highest BCUT2D eigenvalue weighted by molar-refractivity contribution is 8.04. The maximum absolute atomic E-state index is 11.9. The molecule has 0 heterocycles. The fraction of sp³-hybridized carbons (Fsp3) is 0.333. The highest BCUT2D eigenvalue weighted by atomic mass is 32.3. The summed E-state index contributed by atoms with van der Waals surface area (Å²) in [7, 11) is -8.05. The van der Waals surface area contributed by atoms with Crippen molar-refractivity contribution in [3.63, 3.8) is 0 Å². The van der Waals surface area contributed by atoms with Crippen LogP contribution in [-0.2, 0) is 20.0 Å². The normalized spacial score (nSPS) is 12.3. The van der Waals surface area contributed by atoms with Crippen molar-refractivity contribution in [2.24, 2.45) is 0 Å². The van der Waals surface area contributed by atoms with E-state index in [1.54, 1.807) is 11.1 Å². The van der Waals surface area contributed by atoms with Gasteiger partial charge in [-0.2, -0.15) is 0 Å². The van der Waals surface area contributed by atoms with Crippen molar-refractivity contribution in [2.75, 3.05) is 23.9 Å². The third-order valence-electron chi connectivity index (χ3n) is 1.92. The molecule has 0 aliphatic rings. The van der Waals surface area contributed by atoms with Crippen LogP contribution in [0, 0.1) is 0 Å². The second kappa shape index (κ2) is 5.12. The summed E-state index contributed by atoms with van der Waals surface area (Å²) in [4.78, 5) is -0.199. The van der Waals surface area contributed by atoms with Crippen LogP contribution in [0.3, 0.4) is 0 Å². The van der Waals surface area contributed by atoms with Crippen LogP contribution in [0.2, 0.25) is 0 Å². The number of nitrogen functional groups attached to an aromatic ring is 1. The standard InChI is InChI=1S/C9H15N3O4S2/c1-3-11-8-5-4-7(10)6-9(8)18(15,16)12-17(2,13)14/h4-6,11-12H,3,10H2,1-2H3. The van der Waals surface area contributed by atoms with Crippen molar-refractivity contribution >= 4 is 31.4 Å². The molecule has 102 valence electrons. The van der Waals surface area contributed by atoms with Gasteiger partial charge < -0.3 is 11.1 Å². The van der Waals surface area contributed by atoms with E-state index >= 15 is 0 Å². The Morgan fingerprint density at radius 1 is 1.22 bits per heavy atom. The summed E-state index contributed by atoms with van der Waals surface area (Å²) in [5.74, 6) is 0. The fourth-order valence-electron chi connectivity index (χ4n) is 1.34. The number of nitrogens with two attached hydrogens (primary N) is 1. The van der Waals surface area contributed by atoms with E-state index in [0.29, 0.717) is 12.2 Å². The third-order valence-corrected chi connectivity index (χ3v) is 4.93. The summed E-state index contributed by atoms with van der Waals surface area (Å²) >= 11 is 0. The highest BCUT2D eigenvalue weighted by Crippen LogP contribution is 2.23. The van der Waals surface area contributed by atoms with Gasteiger partial charge in [-0.05, 0) is 25.1 Å². The molecule has 0 unspecified atom stereocenters. The molecule has 0 aliphatic carbocycles. The van der Waals surface area contributed by atoms with Crippen LogP contribution < -0.4 is 15.2 Å². The zero-order valence-corrected chi connectivity index (χ0v) is 11.6. The molecule has 0 fully saturated rings. The SMILES string of the molecule is CCNc1ccc(N)cc1S(=O)(=O)NS(C)(=O)=O. The summed E-state index contributed by atoms with van der Waals surface area (Å²) in [6.45, 7) is 2.28. The smallest absolute Gasteiger partial charge is 0.255 e. The molecule has 0 saturated carbocycles. The molecule has 1 aromatic rings. The second-order valence-electron chi connectivity index (χ2n) is 3.64. The molecule has 0 aliphatic heterocycles. The average Bonchev–Trinajstić information content (AvgIpc) is 2.17. The number of anilines is 2. The molecule has 0 spiro atoms. The zero-order chi connectivity index (χ0) is 14.0. The van der Waals surface area contributed by atoms with E-state index in [1.807, 2.05) is 0 Å². The van der Waals surface area contributed by atoms with E-state index in [9.17, 15) is 16.8 Å². The van der Waals surface area contributed by atoms with Gasteiger partial charge in [-0.25, -0.2) is 16.8 Å². The van der Waals surface area contributed by atoms with Crippen LogP contribution >= 0.6 is 0 Å². The molecule has 0 atom stereocenters. The van der Waals surface area contributed by atoms with E-state index in [2.05, 4.69) is 5.32 Å². The first-order chi connectivity index (χ1) is 8.15. The summed E-state index contributed by atoms with van der Waals surface area (Å²) in [6.07, 6.45) is 0.768. The maximum atomic E-state index is 11.9. The Morgan fingerprint density at radius 3 is 2.33 bits per heavy atom. The van der Waals surface area contributed by atoms with Crippen molar-refractivity contribution in [3.8, 4) is 0 Å². The van der Waals surface area contributed by atoms with Crippen molar-refractivity contribution < 1.29 is 16.8 Å². The largest absolute Gasteiger partial charge is 0.399 e. The van der Waals surface area contributed by atoms with Crippen molar-refractivity contribution in [2.45, 2.75) is 11.8 Å². The Balaban J connectivity index is 3.34. The Kier molecular flexibility index (Phi) is 4.20. The van der Waals surface area contributed by atoms with Crippen LogP contribution in [0.4, 0.5) is 11.4 Å². The zero-order valence-electron chi connectivity index (χ0n) is 9.97. The molecule has 0 bridgehead atoms. The summed E-state index contributed by atoms with van der Waals surface area (Å²) in [5.41, 5.74) is 6.04. The van der Waals surface area contributed by atoms with Crippen LogP contribution in [0.1, 0.15) is 6.92 Å². The number of sulfonamides is 2. The quantitative estimate of drug-likeness (QED) is 0.654. The molecule has 0 radical (unpaired) electrons. The van der Waals surface area contributed by atoms with Gasteiger partial charge in [0.2, 0.25) is 10.0 Å². The summed E-state index contributed by atoms with van der Waals surface area (Å²) < 4.78 is 47.5. The first kappa shape index (κ1) is 14.7. The maximum Gasteiger partial charge on any atom is 0.255 e. The number of hydrogen-bond acceptors (Lipinski definition) is 6. The van der Waals surface area contributed by atoms with Crippen LogP contribution in [0.25, 0.3) is 0 Å². The van der Waals surface area contributed by atoms with E-state index in [1.165, 1.54) is 18.2 Å². The number of benzene rings is 1. The molecule has 0 saturated heterocycles. The molecule has 9 heteroatoms. The molecule has 4 N–H and O–H groups in total. The van der Waals surface area contributed by atoms with Crippen LogP contribution in [0.5, 0.6) is 0 Å². The predicted octanol–water partition coefficient (Wildman–Crippen LogP) is -0.0615. The topological polar surface area (TPSA) is 118 Å². The number of nitrogens with one attached hydrogen (secondary N) is 2. The second-order valence-corrected chi connectivity index (χ2v) is 7.30. The monoisotopic (exact) mass is 293 g/mol.